The Hall–Kier alpha value is -1.92. The van der Waals surface area contributed by atoms with Crippen molar-refractivity contribution < 1.29 is 14.7 Å². The van der Waals surface area contributed by atoms with Crippen LogP contribution in [0.1, 0.15) is 30.4 Å². The third-order valence-corrected chi connectivity index (χ3v) is 4.24. The Morgan fingerprint density at radius 1 is 1.17 bits per heavy atom. The first-order valence-corrected chi connectivity index (χ1v) is 8.50. The number of hydrogen-bond donors (Lipinski definition) is 2. The summed E-state index contributed by atoms with van der Waals surface area (Å²) in [5.41, 5.74) is 2.38. The number of nitrogens with one attached hydrogen (secondary N) is 1. The van der Waals surface area contributed by atoms with Gasteiger partial charge in [0.25, 0.3) is 0 Å². The average Bonchev–Trinajstić information content (AvgIpc) is 3.05. The molecule has 0 unspecified atom stereocenters. The summed E-state index contributed by atoms with van der Waals surface area (Å²) in [6.45, 7) is 4.45. The quantitative estimate of drug-likeness (QED) is 0.713. The third-order valence-electron chi connectivity index (χ3n) is 4.24. The molecular formula is C18H27N3O3. The molecule has 0 radical (unpaired) electrons. The van der Waals surface area contributed by atoms with Crippen molar-refractivity contribution in [2.24, 2.45) is 0 Å². The van der Waals surface area contributed by atoms with E-state index >= 15 is 0 Å². The summed E-state index contributed by atoms with van der Waals surface area (Å²) in [7, 11) is 1.75. The monoisotopic (exact) mass is 333 g/mol. The van der Waals surface area contributed by atoms with Crippen LogP contribution in [0, 0.1) is 0 Å². The summed E-state index contributed by atoms with van der Waals surface area (Å²) in [6, 6.07) is 8.36. The Labute approximate surface area is 143 Å². The van der Waals surface area contributed by atoms with Gasteiger partial charge in [-0.15, -0.1) is 0 Å². The van der Waals surface area contributed by atoms with E-state index in [1.54, 1.807) is 11.9 Å². The largest absolute Gasteiger partial charge is 0.481 e. The molecule has 0 atom stereocenters. The van der Waals surface area contributed by atoms with E-state index in [9.17, 15) is 9.59 Å². The number of carbonyl (C=O) groups is 2. The molecule has 1 aromatic carbocycles. The van der Waals surface area contributed by atoms with E-state index in [4.69, 9.17) is 5.11 Å². The Bertz CT molecular complexity index is 539. The fourth-order valence-corrected chi connectivity index (χ4v) is 2.83. The van der Waals surface area contributed by atoms with Gasteiger partial charge in [-0.1, -0.05) is 24.3 Å². The van der Waals surface area contributed by atoms with Crippen LogP contribution in [0.15, 0.2) is 24.3 Å². The van der Waals surface area contributed by atoms with Gasteiger partial charge in [0.05, 0.1) is 13.0 Å². The summed E-state index contributed by atoms with van der Waals surface area (Å²) in [6.07, 6.45) is 2.64. The van der Waals surface area contributed by atoms with Gasteiger partial charge < -0.3 is 10.4 Å². The molecule has 24 heavy (non-hydrogen) atoms. The normalized spacial score (nSPS) is 14.9. The maximum Gasteiger partial charge on any atom is 0.304 e. The highest BCUT2D eigenvalue weighted by atomic mass is 16.4. The Kier molecular flexibility index (Phi) is 7.21. The second-order valence-corrected chi connectivity index (χ2v) is 6.46. The number of likely N-dealkylation sites (N-methyl/N-ethyl adjacent to an activating group) is 1. The Balaban J connectivity index is 1.69. The van der Waals surface area contributed by atoms with Gasteiger partial charge >= 0.3 is 5.97 Å². The van der Waals surface area contributed by atoms with Crippen molar-refractivity contribution in [1.82, 2.24) is 15.1 Å². The lowest BCUT2D eigenvalue weighted by atomic mass is 10.1. The second-order valence-electron chi connectivity index (χ2n) is 6.46. The first kappa shape index (κ1) is 18.4. The molecule has 132 valence electrons. The minimum atomic E-state index is -0.851. The van der Waals surface area contributed by atoms with E-state index in [1.807, 2.05) is 0 Å². The molecule has 0 aliphatic carbocycles. The van der Waals surface area contributed by atoms with Crippen LogP contribution >= 0.6 is 0 Å². The predicted molar refractivity (Wildman–Crippen MR) is 92.5 cm³/mol. The van der Waals surface area contributed by atoms with Gasteiger partial charge in [0.2, 0.25) is 5.91 Å². The van der Waals surface area contributed by atoms with E-state index in [0.717, 1.165) is 12.1 Å². The minimum absolute atomic E-state index is 0.0439. The van der Waals surface area contributed by atoms with E-state index in [0.29, 0.717) is 13.1 Å². The molecule has 2 rings (SSSR count). The summed E-state index contributed by atoms with van der Waals surface area (Å²) >= 11 is 0. The van der Waals surface area contributed by atoms with E-state index in [1.165, 1.54) is 31.5 Å². The summed E-state index contributed by atoms with van der Waals surface area (Å²) < 4.78 is 0. The van der Waals surface area contributed by atoms with Crippen LogP contribution in [0.5, 0.6) is 0 Å². The molecule has 6 heteroatoms. The van der Waals surface area contributed by atoms with E-state index < -0.39 is 5.97 Å². The van der Waals surface area contributed by atoms with Crippen LogP contribution in [-0.2, 0) is 22.7 Å². The van der Waals surface area contributed by atoms with Crippen LogP contribution in [0.3, 0.4) is 0 Å². The molecule has 1 heterocycles. The molecule has 1 fully saturated rings. The lowest BCUT2D eigenvalue weighted by Crippen LogP contribution is -2.35. The highest BCUT2D eigenvalue weighted by molar-refractivity contribution is 5.78. The summed E-state index contributed by atoms with van der Waals surface area (Å²) in [5, 5.41) is 11.5. The smallest absolute Gasteiger partial charge is 0.304 e. The molecule has 0 bridgehead atoms. The molecule has 6 nitrogen and oxygen atoms in total. The average molecular weight is 333 g/mol. The van der Waals surface area contributed by atoms with Gasteiger partial charge in [-0.2, -0.15) is 0 Å². The lowest BCUT2D eigenvalue weighted by Gasteiger charge is -2.16. The van der Waals surface area contributed by atoms with Crippen LogP contribution in [0.2, 0.25) is 0 Å². The zero-order valence-corrected chi connectivity index (χ0v) is 14.3. The number of amides is 1. The summed E-state index contributed by atoms with van der Waals surface area (Å²) in [5.74, 6) is -0.944. The Morgan fingerprint density at radius 3 is 2.42 bits per heavy atom. The highest BCUT2D eigenvalue weighted by Crippen LogP contribution is 2.13. The molecule has 1 saturated heterocycles. The first-order chi connectivity index (χ1) is 11.5. The van der Waals surface area contributed by atoms with Crippen LogP contribution in [-0.4, -0.2) is 60.0 Å². The van der Waals surface area contributed by atoms with Gasteiger partial charge in [-0.05, 0) is 44.1 Å². The number of carboxylic acids is 1. The topological polar surface area (TPSA) is 72.9 Å². The molecule has 1 aliphatic rings. The van der Waals surface area contributed by atoms with Crippen molar-refractivity contribution in [3.63, 3.8) is 0 Å². The predicted octanol–water partition coefficient (Wildman–Crippen LogP) is 1.31. The molecule has 0 spiro atoms. The van der Waals surface area contributed by atoms with E-state index in [-0.39, 0.29) is 18.9 Å². The van der Waals surface area contributed by atoms with Crippen molar-refractivity contribution >= 4 is 11.9 Å². The first-order valence-electron chi connectivity index (χ1n) is 8.50. The van der Waals surface area contributed by atoms with Gasteiger partial charge in [-0.25, -0.2) is 0 Å². The van der Waals surface area contributed by atoms with Crippen LogP contribution in [0.25, 0.3) is 0 Å². The number of aliphatic carboxylic acids is 1. The van der Waals surface area contributed by atoms with Crippen molar-refractivity contribution in [3.8, 4) is 0 Å². The molecule has 1 amide bonds. The van der Waals surface area contributed by atoms with Gasteiger partial charge in [0.15, 0.2) is 0 Å². The highest BCUT2D eigenvalue weighted by Gasteiger charge is 2.11. The maximum absolute atomic E-state index is 11.9. The van der Waals surface area contributed by atoms with Gasteiger partial charge in [0.1, 0.15) is 0 Å². The van der Waals surface area contributed by atoms with Gasteiger partial charge in [0, 0.05) is 19.6 Å². The third kappa shape index (κ3) is 6.68. The number of benzene rings is 1. The van der Waals surface area contributed by atoms with Crippen LogP contribution < -0.4 is 5.32 Å². The van der Waals surface area contributed by atoms with E-state index in [2.05, 4.69) is 34.5 Å². The molecule has 0 aromatic heterocycles. The molecule has 0 saturated carbocycles. The van der Waals surface area contributed by atoms with Crippen molar-refractivity contribution in [3.05, 3.63) is 35.4 Å². The van der Waals surface area contributed by atoms with Crippen LogP contribution in [0.4, 0.5) is 0 Å². The zero-order valence-electron chi connectivity index (χ0n) is 14.3. The molecule has 2 N–H and O–H groups in total. The molecular weight excluding hydrogens is 306 g/mol. The number of nitrogens with zero attached hydrogens (tertiary/aromatic N) is 2. The number of likely N-dealkylation sites (tertiary alicyclic amines) is 1. The Morgan fingerprint density at radius 2 is 1.79 bits per heavy atom. The number of carboxylic acid groups (broad SMARTS) is 1. The summed E-state index contributed by atoms with van der Waals surface area (Å²) in [4.78, 5) is 26.5. The SMILES string of the molecule is CN(CCC(=O)O)CC(=O)NCc1ccc(CN2CCCC2)cc1. The second kappa shape index (κ2) is 9.39. The molecule has 1 aromatic rings. The maximum atomic E-state index is 11.9. The zero-order chi connectivity index (χ0) is 17.4. The lowest BCUT2D eigenvalue weighted by molar-refractivity contribution is -0.137. The number of carbonyl (C=O) groups excluding carboxylic acids is 1. The number of hydrogen-bond acceptors (Lipinski definition) is 4. The van der Waals surface area contributed by atoms with Crippen molar-refractivity contribution in [2.45, 2.75) is 32.4 Å². The fraction of sp³-hybridized carbons (Fsp3) is 0.556. The fourth-order valence-electron chi connectivity index (χ4n) is 2.83. The standard InChI is InChI=1S/C18H27N3O3/c1-20(11-8-18(23)24)14-17(22)19-12-15-4-6-16(7-5-15)13-21-9-2-3-10-21/h4-7H,2-3,8-14H2,1H3,(H,19,22)(H,23,24). The van der Waals surface area contributed by atoms with Crippen molar-refractivity contribution in [1.29, 1.82) is 0 Å². The number of rotatable bonds is 9. The van der Waals surface area contributed by atoms with Gasteiger partial charge in [-0.3, -0.25) is 19.4 Å². The minimum Gasteiger partial charge on any atom is -0.481 e. The molecule has 1 aliphatic heterocycles. The van der Waals surface area contributed by atoms with Crippen molar-refractivity contribution in [2.75, 3.05) is 33.2 Å².